The molecule has 0 saturated carbocycles. The van der Waals surface area contributed by atoms with Gasteiger partial charge in [-0.2, -0.15) is 0 Å². The van der Waals surface area contributed by atoms with Crippen LogP contribution in [0.2, 0.25) is 5.02 Å². The molecule has 1 amide bonds. The van der Waals surface area contributed by atoms with Crippen molar-refractivity contribution >= 4 is 29.9 Å². The van der Waals surface area contributed by atoms with Crippen molar-refractivity contribution in [3.05, 3.63) is 34.9 Å². The Hall–Kier alpha value is -0.810. The van der Waals surface area contributed by atoms with E-state index in [9.17, 15) is 4.79 Å². The quantitative estimate of drug-likeness (QED) is 0.890. The van der Waals surface area contributed by atoms with Crippen molar-refractivity contribution in [2.75, 3.05) is 19.8 Å². The summed E-state index contributed by atoms with van der Waals surface area (Å²) in [5.41, 5.74) is 6.28. The lowest BCUT2D eigenvalue weighted by molar-refractivity contribution is -0.127. The van der Waals surface area contributed by atoms with E-state index in [1.54, 1.807) is 0 Å². The van der Waals surface area contributed by atoms with Crippen molar-refractivity contribution in [3.63, 3.8) is 0 Å². The van der Waals surface area contributed by atoms with Gasteiger partial charge in [-0.3, -0.25) is 4.79 Å². The summed E-state index contributed by atoms with van der Waals surface area (Å²) < 4.78 is 5.44. The van der Waals surface area contributed by atoms with Crippen molar-refractivity contribution in [2.24, 2.45) is 11.7 Å². The second-order valence-electron chi connectivity index (χ2n) is 5.33. The van der Waals surface area contributed by atoms with Gasteiger partial charge in [0.25, 0.3) is 0 Å². The van der Waals surface area contributed by atoms with Crippen molar-refractivity contribution < 1.29 is 9.53 Å². The molecule has 1 aliphatic rings. The maximum atomic E-state index is 12.2. The molecule has 1 aliphatic heterocycles. The fourth-order valence-corrected chi connectivity index (χ4v) is 2.57. The highest BCUT2D eigenvalue weighted by molar-refractivity contribution is 6.30. The molecule has 1 heterocycles. The molecule has 0 radical (unpaired) electrons. The molecule has 4 nitrogen and oxygen atoms in total. The van der Waals surface area contributed by atoms with Gasteiger partial charge in [0.15, 0.2) is 0 Å². The lowest BCUT2D eigenvalue weighted by Crippen LogP contribution is -2.51. The molecule has 6 heteroatoms. The van der Waals surface area contributed by atoms with Crippen LogP contribution < -0.4 is 11.1 Å². The molecule has 0 bridgehead atoms. The zero-order valence-corrected chi connectivity index (χ0v) is 13.7. The molecule has 118 valence electrons. The third-order valence-corrected chi connectivity index (χ3v) is 4.16. The van der Waals surface area contributed by atoms with Gasteiger partial charge in [0.05, 0.1) is 5.54 Å². The highest BCUT2D eigenvalue weighted by atomic mass is 35.5. The summed E-state index contributed by atoms with van der Waals surface area (Å²) in [5, 5.41) is 3.87. The number of hydrogen-bond acceptors (Lipinski definition) is 3. The van der Waals surface area contributed by atoms with Crippen LogP contribution in [0.15, 0.2) is 24.3 Å². The first-order valence-electron chi connectivity index (χ1n) is 6.93. The van der Waals surface area contributed by atoms with Crippen LogP contribution in [0.1, 0.15) is 25.3 Å². The molecule has 2 rings (SSSR count). The minimum atomic E-state index is -0.372. The number of halogens is 2. The van der Waals surface area contributed by atoms with E-state index in [0.29, 0.717) is 24.8 Å². The van der Waals surface area contributed by atoms with E-state index < -0.39 is 0 Å². The van der Waals surface area contributed by atoms with E-state index in [4.69, 9.17) is 22.1 Å². The second-order valence-corrected chi connectivity index (χ2v) is 5.76. The summed E-state index contributed by atoms with van der Waals surface area (Å²) in [6, 6.07) is 7.65. The molecule has 1 aromatic carbocycles. The zero-order valence-electron chi connectivity index (χ0n) is 12.1. The van der Waals surface area contributed by atoms with Gasteiger partial charge in [-0.15, -0.1) is 12.4 Å². The van der Waals surface area contributed by atoms with Crippen molar-refractivity contribution in [1.82, 2.24) is 5.32 Å². The minimum Gasteiger partial charge on any atom is -0.381 e. The number of nitrogens with one attached hydrogen (secondary N) is 1. The Morgan fingerprint density at radius 3 is 2.48 bits per heavy atom. The first-order valence-corrected chi connectivity index (χ1v) is 7.31. The first kappa shape index (κ1) is 18.2. The Labute approximate surface area is 136 Å². The molecule has 1 atom stereocenters. The molecule has 1 aromatic rings. The minimum absolute atomic E-state index is 0. The first-order chi connectivity index (χ1) is 9.57. The SMILES string of the molecule is CC(CN)C(=O)NC1(c2ccc(Cl)cc2)CCOCC1.Cl. The number of nitrogens with two attached hydrogens (primary N) is 1. The predicted molar refractivity (Wildman–Crippen MR) is 86.8 cm³/mol. The third-order valence-electron chi connectivity index (χ3n) is 3.91. The van der Waals surface area contributed by atoms with Gasteiger partial charge in [0.2, 0.25) is 5.91 Å². The largest absolute Gasteiger partial charge is 0.381 e. The van der Waals surface area contributed by atoms with E-state index in [-0.39, 0.29) is 29.8 Å². The van der Waals surface area contributed by atoms with Gasteiger partial charge in [0, 0.05) is 30.7 Å². The Morgan fingerprint density at radius 2 is 1.95 bits per heavy atom. The topological polar surface area (TPSA) is 64.4 Å². The smallest absolute Gasteiger partial charge is 0.224 e. The lowest BCUT2D eigenvalue weighted by atomic mass is 9.82. The molecule has 21 heavy (non-hydrogen) atoms. The van der Waals surface area contributed by atoms with Gasteiger partial charge < -0.3 is 15.8 Å². The summed E-state index contributed by atoms with van der Waals surface area (Å²) in [6.07, 6.45) is 1.52. The Bertz CT molecular complexity index is 459. The van der Waals surface area contributed by atoms with Crippen LogP contribution >= 0.6 is 24.0 Å². The average Bonchev–Trinajstić information content (AvgIpc) is 2.47. The van der Waals surface area contributed by atoms with Crippen LogP contribution in [0.25, 0.3) is 0 Å². The Kier molecular flexibility index (Phi) is 6.94. The maximum Gasteiger partial charge on any atom is 0.224 e. The zero-order chi connectivity index (χ0) is 14.6. The van der Waals surface area contributed by atoms with Gasteiger partial charge in [0.1, 0.15) is 0 Å². The molecular weight excluding hydrogens is 311 g/mol. The number of carbonyl (C=O) groups excluding carboxylic acids is 1. The van der Waals surface area contributed by atoms with Crippen LogP contribution in [0.5, 0.6) is 0 Å². The van der Waals surface area contributed by atoms with Crippen LogP contribution in [0.3, 0.4) is 0 Å². The normalized spacial score (nSPS) is 18.4. The molecular formula is C15H22Cl2N2O2. The van der Waals surface area contributed by atoms with Crippen LogP contribution in [0.4, 0.5) is 0 Å². The maximum absolute atomic E-state index is 12.2. The van der Waals surface area contributed by atoms with Gasteiger partial charge >= 0.3 is 0 Å². The summed E-state index contributed by atoms with van der Waals surface area (Å²) in [7, 11) is 0. The second kappa shape index (κ2) is 7.99. The number of amides is 1. The van der Waals surface area contributed by atoms with E-state index in [2.05, 4.69) is 5.32 Å². The summed E-state index contributed by atoms with van der Waals surface area (Å²) in [5.74, 6) is -0.202. The summed E-state index contributed by atoms with van der Waals surface area (Å²) >= 11 is 5.95. The molecule has 1 fully saturated rings. The van der Waals surface area contributed by atoms with E-state index >= 15 is 0 Å². The number of benzene rings is 1. The molecule has 0 aromatic heterocycles. The summed E-state index contributed by atoms with van der Waals surface area (Å²) in [6.45, 7) is 3.46. The fraction of sp³-hybridized carbons (Fsp3) is 0.533. The van der Waals surface area contributed by atoms with Crippen molar-refractivity contribution in [3.8, 4) is 0 Å². The third kappa shape index (κ3) is 4.33. The molecule has 1 unspecified atom stereocenters. The standard InChI is InChI=1S/C15H21ClN2O2.ClH/c1-11(10-17)14(19)18-15(6-8-20-9-7-15)12-2-4-13(16)5-3-12;/h2-5,11H,6-10,17H2,1H3,(H,18,19);1H. The van der Waals surface area contributed by atoms with E-state index in [0.717, 1.165) is 18.4 Å². The highest BCUT2D eigenvalue weighted by Crippen LogP contribution is 2.33. The van der Waals surface area contributed by atoms with Crippen molar-refractivity contribution in [1.29, 1.82) is 0 Å². The van der Waals surface area contributed by atoms with Crippen LogP contribution in [-0.2, 0) is 15.1 Å². The van der Waals surface area contributed by atoms with E-state index in [1.165, 1.54) is 0 Å². The van der Waals surface area contributed by atoms with Gasteiger partial charge in [-0.25, -0.2) is 0 Å². The number of carbonyl (C=O) groups is 1. The molecule has 0 spiro atoms. The molecule has 3 N–H and O–H groups in total. The Morgan fingerprint density at radius 1 is 1.38 bits per heavy atom. The van der Waals surface area contributed by atoms with Gasteiger partial charge in [-0.05, 0) is 30.5 Å². The average molecular weight is 333 g/mol. The number of hydrogen-bond donors (Lipinski definition) is 2. The number of rotatable bonds is 4. The monoisotopic (exact) mass is 332 g/mol. The van der Waals surface area contributed by atoms with Crippen LogP contribution in [0, 0.1) is 5.92 Å². The highest BCUT2D eigenvalue weighted by Gasteiger charge is 2.36. The van der Waals surface area contributed by atoms with Crippen molar-refractivity contribution in [2.45, 2.75) is 25.3 Å². The molecule has 1 saturated heterocycles. The number of ether oxygens (including phenoxy) is 1. The lowest BCUT2D eigenvalue weighted by Gasteiger charge is -2.39. The fourth-order valence-electron chi connectivity index (χ4n) is 2.44. The molecule has 0 aliphatic carbocycles. The predicted octanol–water partition coefficient (Wildman–Crippen LogP) is 2.48. The summed E-state index contributed by atoms with van der Waals surface area (Å²) in [4.78, 5) is 12.2. The van der Waals surface area contributed by atoms with E-state index in [1.807, 2.05) is 31.2 Å². The van der Waals surface area contributed by atoms with Crippen LogP contribution in [-0.4, -0.2) is 25.7 Å². The Balaban J connectivity index is 0.00000220. The van der Waals surface area contributed by atoms with Gasteiger partial charge in [-0.1, -0.05) is 30.7 Å².